The SMILES string of the molecule is CN(c1ccc(-c2ccc(N(c3ccccc3)c3cccc4ccccc34)cc2)cc1)c1cccc2ccccc12.CN(c1ccccc1)c1ccc(-c2ccc(N(c3ccccc3)c3ccc4ccccc4c3)cc2)cc1.CN(c1ccccc1)c1ccc(N(c2ccccc2)c2ccc(-c3ccccc3)cc2)cc1.CN(c1ccccc1)c1ccc2c3ccccc3n(-c3ccc(-c4ccccc4)cc3)c2c1. The number of para-hydroxylation sites is 7. The molecule has 692 valence electrons. The van der Waals surface area contributed by atoms with Gasteiger partial charge in [0.05, 0.1) is 16.7 Å². The number of hydrogen-bond donors (Lipinski definition) is 0. The van der Waals surface area contributed by atoms with Crippen molar-refractivity contribution in [2.24, 2.45) is 0 Å². The molecule has 0 bridgehead atoms. The van der Waals surface area contributed by atoms with Crippen LogP contribution in [0.3, 0.4) is 0 Å². The second-order valence-corrected chi connectivity index (χ2v) is 35.9. The van der Waals surface area contributed by atoms with Crippen LogP contribution in [-0.4, -0.2) is 32.8 Å². The molecule has 24 aromatic rings. The fourth-order valence-electron chi connectivity index (χ4n) is 19.3. The first-order valence-electron chi connectivity index (χ1n) is 49.1. The summed E-state index contributed by atoms with van der Waals surface area (Å²) in [6, 6.07) is 206. The van der Waals surface area contributed by atoms with Gasteiger partial charge in [0.2, 0.25) is 0 Å². The summed E-state index contributed by atoms with van der Waals surface area (Å²) in [5.41, 5.74) is 32.9. The van der Waals surface area contributed by atoms with Crippen molar-refractivity contribution < 1.29 is 0 Å². The largest absolute Gasteiger partial charge is 0.345 e. The van der Waals surface area contributed by atoms with E-state index < -0.39 is 0 Å². The third-order valence-corrected chi connectivity index (χ3v) is 27.0. The van der Waals surface area contributed by atoms with Crippen LogP contribution >= 0.6 is 0 Å². The monoisotopic (exact) mass is 1850 g/mol. The smallest absolute Gasteiger partial charge is 0.0561 e. The predicted octanol–water partition coefficient (Wildman–Crippen LogP) is 37.5. The van der Waals surface area contributed by atoms with Crippen molar-refractivity contribution in [1.82, 2.24) is 4.57 Å². The Bertz CT molecular complexity index is 8350. The molecule has 0 aliphatic heterocycles. The minimum atomic E-state index is 1.12. The van der Waals surface area contributed by atoms with Gasteiger partial charge >= 0.3 is 0 Å². The Morgan fingerprint density at radius 2 is 0.382 bits per heavy atom. The third-order valence-electron chi connectivity index (χ3n) is 27.0. The molecule has 1 aromatic heterocycles. The highest BCUT2D eigenvalue weighted by Gasteiger charge is 2.22. The summed E-state index contributed by atoms with van der Waals surface area (Å²) < 4.78 is 2.38. The van der Waals surface area contributed by atoms with Gasteiger partial charge in [-0.05, 0) is 278 Å². The fourth-order valence-corrected chi connectivity index (χ4v) is 19.3. The lowest BCUT2D eigenvalue weighted by atomic mass is 10.0. The van der Waals surface area contributed by atoms with Gasteiger partial charge in [0.15, 0.2) is 0 Å². The van der Waals surface area contributed by atoms with Gasteiger partial charge in [-0.25, -0.2) is 0 Å². The summed E-state index contributed by atoms with van der Waals surface area (Å²) in [4.78, 5) is 15.8. The third kappa shape index (κ3) is 20.3. The number of rotatable bonds is 22. The molecule has 0 aliphatic carbocycles. The maximum atomic E-state index is 2.38. The molecular weight excluding hydrogens is 1750 g/mol. The number of anilines is 17. The summed E-state index contributed by atoms with van der Waals surface area (Å²) in [6.45, 7) is 0. The molecular formula is C136H108N8. The maximum Gasteiger partial charge on any atom is 0.0561 e. The van der Waals surface area contributed by atoms with Crippen LogP contribution in [0.5, 0.6) is 0 Å². The Hall–Kier alpha value is -18.8. The van der Waals surface area contributed by atoms with Gasteiger partial charge in [-0.3, -0.25) is 0 Å². The Labute approximate surface area is 844 Å². The molecule has 0 saturated heterocycles. The lowest BCUT2D eigenvalue weighted by Gasteiger charge is -2.27. The second kappa shape index (κ2) is 43.1. The van der Waals surface area contributed by atoms with Gasteiger partial charge < -0.3 is 38.9 Å². The topological polar surface area (TPSA) is 27.6 Å². The van der Waals surface area contributed by atoms with E-state index in [2.05, 4.69) is 631 Å². The van der Waals surface area contributed by atoms with Crippen LogP contribution in [0.4, 0.5) is 96.7 Å². The molecule has 0 saturated carbocycles. The summed E-state index contributed by atoms with van der Waals surface area (Å²) in [5.74, 6) is 0. The van der Waals surface area contributed by atoms with E-state index >= 15 is 0 Å². The molecule has 144 heavy (non-hydrogen) atoms. The fraction of sp³-hybridized carbons (Fsp3) is 0.0294. The standard InChI is InChI=1S/C39H30N2.C35H28N2.C31H24N2.C31H26N2/c1-40(38-19-9-13-31-11-5-7-17-36(31)38)33-25-21-29(22-26-33)30-23-27-35(28-24-30)41(34-15-3-2-4-16-34)39-20-10-14-32-12-6-8-18-37(32)39;1-36(31-12-4-2-5-13-31)32-21-16-28(17-22-32)29-18-23-34(24-19-29)37(33-14-6-3-7-15-33)35-25-20-27-10-8-9-11-30(27)26-35;1-32(25-12-6-3-7-13-25)27-20-21-29-28-14-8-9-15-30(28)33(31(29)22-27)26-18-16-24(17-19-26)23-10-4-2-5-11-23;1-32(27-13-7-3-8-14-27)28-21-23-31(24-22-28)33(29-15-9-4-10-16-29)30-19-17-26(18-20-30)25-11-5-2-6-12-25/h2-28H,1H3;2-26H,1H3;2-22H,1H3;2-24H,1H3. The zero-order chi connectivity index (χ0) is 97.3. The zero-order valence-corrected chi connectivity index (χ0v) is 81.0. The average Bonchev–Trinajstić information content (AvgIpc) is 1.59. The Kier molecular flexibility index (Phi) is 27.4. The Balaban J connectivity index is 0.000000114. The van der Waals surface area contributed by atoms with Gasteiger partial charge in [0.25, 0.3) is 0 Å². The first-order valence-corrected chi connectivity index (χ1v) is 49.1. The van der Waals surface area contributed by atoms with Crippen molar-refractivity contribution in [1.29, 1.82) is 0 Å². The highest BCUT2D eigenvalue weighted by Crippen LogP contribution is 2.45. The summed E-state index contributed by atoms with van der Waals surface area (Å²) in [5, 5.41) is 9.99. The molecule has 0 fully saturated rings. The molecule has 0 radical (unpaired) electrons. The number of hydrogen-bond acceptors (Lipinski definition) is 7. The summed E-state index contributed by atoms with van der Waals surface area (Å²) in [6.07, 6.45) is 0. The predicted molar refractivity (Wildman–Crippen MR) is 616 cm³/mol. The molecule has 23 aromatic carbocycles. The van der Waals surface area contributed by atoms with E-state index in [0.717, 1.165) is 62.6 Å². The number of nitrogens with zero attached hydrogens (tertiary/aromatic N) is 8. The first kappa shape index (κ1) is 91.6. The van der Waals surface area contributed by atoms with Crippen LogP contribution in [0.2, 0.25) is 0 Å². The van der Waals surface area contributed by atoms with E-state index in [-0.39, 0.29) is 0 Å². The number of aromatic nitrogens is 1. The molecule has 24 rings (SSSR count). The van der Waals surface area contributed by atoms with Crippen molar-refractivity contribution in [3.8, 4) is 50.2 Å². The van der Waals surface area contributed by atoms with Gasteiger partial charge in [-0.15, -0.1) is 0 Å². The molecule has 0 spiro atoms. The molecule has 0 N–H and O–H groups in total. The molecule has 0 atom stereocenters. The Morgan fingerprint density at radius 3 is 0.812 bits per heavy atom. The summed E-state index contributed by atoms with van der Waals surface area (Å²) in [7, 11) is 8.46. The summed E-state index contributed by atoms with van der Waals surface area (Å²) >= 11 is 0. The molecule has 0 unspecified atom stereocenters. The number of fused-ring (bicyclic) bond motifs is 6. The van der Waals surface area contributed by atoms with E-state index in [1.165, 1.54) is 138 Å². The highest BCUT2D eigenvalue weighted by atomic mass is 15.2. The van der Waals surface area contributed by atoms with Gasteiger partial charge in [-0.1, -0.05) is 370 Å². The number of benzene rings is 23. The van der Waals surface area contributed by atoms with Crippen LogP contribution in [0.25, 0.3) is 104 Å². The normalized spacial score (nSPS) is 10.9. The lowest BCUT2D eigenvalue weighted by molar-refractivity contribution is 1.17. The van der Waals surface area contributed by atoms with Crippen molar-refractivity contribution >= 4 is 151 Å². The average molecular weight is 1850 g/mol. The van der Waals surface area contributed by atoms with Crippen LogP contribution < -0.4 is 34.3 Å². The van der Waals surface area contributed by atoms with Crippen molar-refractivity contribution in [2.75, 3.05) is 62.5 Å². The lowest BCUT2D eigenvalue weighted by Crippen LogP contribution is -2.11. The zero-order valence-electron chi connectivity index (χ0n) is 81.0. The van der Waals surface area contributed by atoms with Gasteiger partial charge in [0, 0.05) is 146 Å². The van der Waals surface area contributed by atoms with E-state index in [9.17, 15) is 0 Å². The minimum absolute atomic E-state index is 1.12. The van der Waals surface area contributed by atoms with Crippen molar-refractivity contribution in [2.45, 2.75) is 0 Å². The van der Waals surface area contributed by atoms with Crippen LogP contribution in [0.1, 0.15) is 0 Å². The second-order valence-electron chi connectivity index (χ2n) is 35.9. The van der Waals surface area contributed by atoms with Gasteiger partial charge in [-0.2, -0.15) is 0 Å². The molecule has 1 heterocycles. The van der Waals surface area contributed by atoms with Crippen molar-refractivity contribution in [3.63, 3.8) is 0 Å². The van der Waals surface area contributed by atoms with Crippen molar-refractivity contribution in [3.05, 3.63) is 582 Å². The Morgan fingerprint density at radius 1 is 0.132 bits per heavy atom. The molecule has 8 nitrogen and oxygen atoms in total. The molecule has 0 aliphatic rings. The first-order chi connectivity index (χ1) is 71.1. The molecule has 8 heteroatoms. The van der Waals surface area contributed by atoms with E-state index in [1.807, 2.05) is 18.2 Å². The maximum absolute atomic E-state index is 2.38. The molecule has 0 amide bonds. The van der Waals surface area contributed by atoms with Crippen LogP contribution in [-0.2, 0) is 0 Å². The highest BCUT2D eigenvalue weighted by molar-refractivity contribution is 6.10. The quantitative estimate of drug-likeness (QED) is 0.0667. The van der Waals surface area contributed by atoms with E-state index in [1.54, 1.807) is 0 Å². The van der Waals surface area contributed by atoms with E-state index in [4.69, 9.17) is 0 Å². The van der Waals surface area contributed by atoms with E-state index in [0.29, 0.717) is 0 Å². The van der Waals surface area contributed by atoms with Crippen LogP contribution in [0.15, 0.2) is 582 Å². The van der Waals surface area contributed by atoms with Crippen LogP contribution in [0, 0.1) is 0 Å². The minimum Gasteiger partial charge on any atom is -0.345 e. The van der Waals surface area contributed by atoms with Gasteiger partial charge in [0.1, 0.15) is 0 Å².